The van der Waals surface area contributed by atoms with Gasteiger partial charge in [0.2, 0.25) is 0 Å². The molecule has 2 aromatic carbocycles. The minimum absolute atomic E-state index is 0.0317. The van der Waals surface area contributed by atoms with E-state index in [-0.39, 0.29) is 22.4 Å². The van der Waals surface area contributed by atoms with Gasteiger partial charge < -0.3 is 5.11 Å². The number of hydrogen-bond donors (Lipinski definition) is 1. The summed E-state index contributed by atoms with van der Waals surface area (Å²) in [5.74, 6) is 0.268. The van der Waals surface area contributed by atoms with Crippen molar-refractivity contribution in [3.63, 3.8) is 0 Å². The summed E-state index contributed by atoms with van der Waals surface area (Å²) in [5, 5.41) is 10.0. The third kappa shape index (κ3) is 3.46. The molecule has 0 radical (unpaired) electrons. The summed E-state index contributed by atoms with van der Waals surface area (Å²) in [6.07, 6.45) is 6.41. The van der Waals surface area contributed by atoms with Gasteiger partial charge in [0.15, 0.2) is 5.78 Å². The van der Waals surface area contributed by atoms with Crippen LogP contribution in [0.2, 0.25) is 0 Å². The van der Waals surface area contributed by atoms with Crippen LogP contribution in [0.15, 0.2) is 54.3 Å². The van der Waals surface area contributed by atoms with Crippen LogP contribution in [-0.2, 0) is 22.0 Å². The Hall–Kier alpha value is -2.61. The van der Waals surface area contributed by atoms with Gasteiger partial charge in [-0.1, -0.05) is 76.2 Å². The minimum atomic E-state index is 0.0317. The van der Waals surface area contributed by atoms with Crippen molar-refractivity contribution < 1.29 is 9.90 Å². The zero-order chi connectivity index (χ0) is 21.0. The van der Waals surface area contributed by atoms with Gasteiger partial charge in [-0.25, -0.2) is 0 Å². The summed E-state index contributed by atoms with van der Waals surface area (Å²) >= 11 is 0. The Labute approximate surface area is 174 Å². The molecule has 150 valence electrons. The van der Waals surface area contributed by atoms with E-state index in [4.69, 9.17) is 0 Å². The van der Waals surface area contributed by atoms with Crippen LogP contribution in [0, 0.1) is 6.92 Å². The summed E-state index contributed by atoms with van der Waals surface area (Å²) in [5.41, 5.74) is 8.11. The van der Waals surface area contributed by atoms with Crippen molar-refractivity contribution in [1.82, 2.24) is 0 Å². The maximum atomic E-state index is 12.0. The molecule has 0 bridgehead atoms. The zero-order valence-electron chi connectivity index (χ0n) is 18.1. The molecule has 0 heterocycles. The van der Waals surface area contributed by atoms with Gasteiger partial charge in [-0.15, -0.1) is 0 Å². The first kappa shape index (κ1) is 19.7. The fourth-order valence-electron chi connectivity index (χ4n) is 4.59. The molecule has 0 unspecified atom stereocenters. The van der Waals surface area contributed by atoms with Gasteiger partial charge in [0, 0.05) is 23.7 Å². The average Bonchev–Trinajstić information content (AvgIpc) is 2.99. The lowest BCUT2D eigenvalue weighted by Gasteiger charge is -2.37. The van der Waals surface area contributed by atoms with Crippen LogP contribution in [0.5, 0.6) is 0 Å². The van der Waals surface area contributed by atoms with Gasteiger partial charge in [0.1, 0.15) is 5.76 Å². The topological polar surface area (TPSA) is 37.3 Å². The van der Waals surface area contributed by atoms with Crippen molar-refractivity contribution in [3.8, 4) is 0 Å². The van der Waals surface area contributed by atoms with Crippen molar-refractivity contribution in [2.75, 3.05) is 0 Å². The first-order valence-electron chi connectivity index (χ1n) is 10.5. The molecule has 0 saturated carbocycles. The Morgan fingerprint density at radius 2 is 1.48 bits per heavy atom. The van der Waals surface area contributed by atoms with Gasteiger partial charge in [-0.2, -0.15) is 0 Å². The molecule has 2 nitrogen and oxygen atoms in total. The van der Waals surface area contributed by atoms with E-state index in [1.165, 1.54) is 27.8 Å². The van der Waals surface area contributed by atoms with Gasteiger partial charge in [0.25, 0.3) is 0 Å². The predicted octanol–water partition coefficient (Wildman–Crippen LogP) is 6.34. The summed E-state index contributed by atoms with van der Waals surface area (Å²) in [4.78, 5) is 12.0. The lowest BCUT2D eigenvalue weighted by Crippen LogP contribution is -2.29. The molecule has 0 saturated heterocycles. The largest absolute Gasteiger partial charge is 0.512 e. The summed E-state index contributed by atoms with van der Waals surface area (Å²) < 4.78 is 0. The van der Waals surface area contributed by atoms with E-state index in [1.807, 2.05) is 12.1 Å². The van der Waals surface area contributed by atoms with E-state index in [1.54, 1.807) is 0 Å². The second-order valence-electron chi connectivity index (χ2n) is 9.72. The number of hydrogen-bond acceptors (Lipinski definition) is 2. The number of benzene rings is 2. The van der Waals surface area contributed by atoms with Gasteiger partial charge >= 0.3 is 0 Å². The van der Waals surface area contributed by atoms with E-state index >= 15 is 0 Å². The molecule has 1 N–H and O–H groups in total. The molecule has 2 heteroatoms. The molecule has 4 rings (SSSR count). The Kier molecular flexibility index (Phi) is 4.57. The number of fused-ring (bicyclic) bond motifs is 1. The van der Waals surface area contributed by atoms with Crippen molar-refractivity contribution in [3.05, 3.63) is 87.7 Å². The fourth-order valence-corrected chi connectivity index (χ4v) is 4.59. The fraction of sp³-hybridized carbons (Fsp3) is 0.370. The third-order valence-electron chi connectivity index (χ3n) is 6.57. The van der Waals surface area contributed by atoms with Gasteiger partial charge in [-0.3, -0.25) is 4.79 Å². The number of aliphatic hydroxyl groups excluding tert-OH is 1. The van der Waals surface area contributed by atoms with Crippen LogP contribution in [0.25, 0.3) is 5.57 Å². The molecule has 0 fully saturated rings. The zero-order valence-corrected chi connectivity index (χ0v) is 18.1. The van der Waals surface area contributed by atoms with E-state index in [9.17, 15) is 9.90 Å². The van der Waals surface area contributed by atoms with Crippen molar-refractivity contribution in [2.45, 2.75) is 64.7 Å². The number of allylic oxidation sites excluding steroid dienone is 4. The van der Waals surface area contributed by atoms with E-state index in [2.05, 4.69) is 71.0 Å². The third-order valence-corrected chi connectivity index (χ3v) is 6.57. The van der Waals surface area contributed by atoms with Crippen LogP contribution in [0.1, 0.15) is 73.9 Å². The van der Waals surface area contributed by atoms with Crippen molar-refractivity contribution >= 4 is 11.4 Å². The van der Waals surface area contributed by atoms with Crippen LogP contribution in [0.4, 0.5) is 0 Å². The number of carbonyl (C=O) groups excluding carboxylic acids is 1. The maximum absolute atomic E-state index is 12.0. The van der Waals surface area contributed by atoms with Gasteiger partial charge in [-0.05, 0) is 46.7 Å². The monoisotopic (exact) mass is 386 g/mol. The van der Waals surface area contributed by atoms with Crippen LogP contribution in [0.3, 0.4) is 0 Å². The number of aliphatic hydroxyl groups is 1. The quantitative estimate of drug-likeness (QED) is 0.625. The van der Waals surface area contributed by atoms with Crippen molar-refractivity contribution in [1.29, 1.82) is 0 Å². The Morgan fingerprint density at radius 1 is 0.897 bits per heavy atom. The molecule has 0 amide bonds. The number of aryl methyl sites for hydroxylation is 1. The van der Waals surface area contributed by atoms with Gasteiger partial charge in [0.05, 0.1) is 5.57 Å². The Morgan fingerprint density at radius 3 is 2.03 bits per heavy atom. The minimum Gasteiger partial charge on any atom is -0.512 e. The van der Waals surface area contributed by atoms with Crippen LogP contribution in [-0.4, -0.2) is 10.9 Å². The standard InChI is InChI=1S/C27H30O2/c1-17-14-21-22(27(4,5)13-12-26(21,2)3)16-20(17)15-18-6-8-19(9-7-18)25-23(28)10-11-24(25)29/h6-9,12-14,16,28H,10-11,15H2,1-5H3. The molecular formula is C27H30O2. The second kappa shape index (κ2) is 6.73. The molecule has 0 atom stereocenters. The first-order valence-corrected chi connectivity index (χ1v) is 10.5. The Balaban J connectivity index is 1.66. The number of ketones is 1. The SMILES string of the molecule is Cc1cc2c(cc1Cc1ccc(C3=C(O)CCC3=O)cc1)C(C)(C)C=CC2(C)C. The smallest absolute Gasteiger partial charge is 0.167 e. The highest BCUT2D eigenvalue weighted by atomic mass is 16.3. The lowest BCUT2D eigenvalue weighted by atomic mass is 9.67. The lowest BCUT2D eigenvalue weighted by molar-refractivity contribution is -0.113. The average molecular weight is 387 g/mol. The number of rotatable bonds is 3. The molecule has 0 aliphatic heterocycles. The predicted molar refractivity (Wildman–Crippen MR) is 119 cm³/mol. The van der Waals surface area contributed by atoms with Crippen LogP contribution >= 0.6 is 0 Å². The molecule has 2 aliphatic rings. The Bertz CT molecular complexity index is 1050. The molecular weight excluding hydrogens is 356 g/mol. The van der Waals surface area contributed by atoms with Crippen LogP contribution < -0.4 is 0 Å². The molecule has 0 aromatic heterocycles. The number of Topliss-reactive ketones (excluding diaryl/α,β-unsaturated/α-hetero) is 1. The summed E-state index contributed by atoms with van der Waals surface area (Å²) in [7, 11) is 0. The number of carbonyl (C=O) groups is 1. The summed E-state index contributed by atoms with van der Waals surface area (Å²) in [6.45, 7) is 11.3. The molecule has 2 aliphatic carbocycles. The molecule has 0 spiro atoms. The van der Waals surface area contributed by atoms with E-state index in [0.29, 0.717) is 18.4 Å². The summed E-state index contributed by atoms with van der Waals surface area (Å²) in [6, 6.07) is 12.8. The highest BCUT2D eigenvalue weighted by Gasteiger charge is 2.33. The molecule has 2 aromatic rings. The van der Waals surface area contributed by atoms with Crippen molar-refractivity contribution in [2.24, 2.45) is 0 Å². The highest BCUT2D eigenvalue weighted by Crippen LogP contribution is 2.42. The van der Waals surface area contributed by atoms with E-state index in [0.717, 1.165) is 12.0 Å². The van der Waals surface area contributed by atoms with E-state index < -0.39 is 0 Å². The normalized spacial score (nSPS) is 19.6. The maximum Gasteiger partial charge on any atom is 0.167 e. The highest BCUT2D eigenvalue weighted by molar-refractivity contribution is 6.23. The molecule has 29 heavy (non-hydrogen) atoms. The second-order valence-corrected chi connectivity index (χ2v) is 9.72. The first-order chi connectivity index (χ1) is 13.6.